The van der Waals surface area contributed by atoms with E-state index in [-0.39, 0.29) is 5.97 Å². The van der Waals surface area contributed by atoms with Crippen molar-refractivity contribution in [3.63, 3.8) is 0 Å². The zero-order valence-electron chi connectivity index (χ0n) is 16.2. The Morgan fingerprint density at radius 3 is 2.82 bits per heavy atom. The quantitative estimate of drug-likeness (QED) is 0.705. The summed E-state index contributed by atoms with van der Waals surface area (Å²) in [6.45, 7) is 4.39. The predicted octanol–water partition coefficient (Wildman–Crippen LogP) is 4.13. The Kier molecular flexibility index (Phi) is 5.70. The van der Waals surface area contributed by atoms with Gasteiger partial charge in [-0.05, 0) is 54.8 Å². The van der Waals surface area contributed by atoms with Crippen molar-refractivity contribution in [1.82, 2.24) is 10.4 Å². The molecule has 0 spiro atoms. The summed E-state index contributed by atoms with van der Waals surface area (Å²) < 4.78 is 0. The lowest BCUT2D eigenvalue weighted by Crippen LogP contribution is -2.34. The van der Waals surface area contributed by atoms with E-state index >= 15 is 0 Å². The van der Waals surface area contributed by atoms with E-state index in [1.165, 1.54) is 16.3 Å². The standard InChI is InChI=1S/C24H26N2O2/c1-18-6-4-10-21(16-18)24(27)28-26-15-13-22(17-26)25-14-12-20-9-5-8-19-7-2-3-11-23(19)20/h2-11,16,22,25H,12-15,17H2,1H3/t22-/m0/s1. The van der Waals surface area contributed by atoms with Crippen LogP contribution in [0.3, 0.4) is 0 Å². The Bertz CT molecular complexity index is 964. The lowest BCUT2D eigenvalue weighted by Gasteiger charge is -2.16. The lowest BCUT2D eigenvalue weighted by molar-refractivity contribution is -0.0940. The number of hydrogen-bond acceptors (Lipinski definition) is 4. The molecule has 4 heteroatoms. The second kappa shape index (κ2) is 8.55. The Hall–Kier alpha value is -2.69. The number of carbonyl (C=O) groups is 1. The molecule has 1 aliphatic heterocycles. The SMILES string of the molecule is Cc1cccc(C(=O)ON2CC[C@H](NCCc3cccc4ccccc34)C2)c1. The van der Waals surface area contributed by atoms with Gasteiger partial charge in [0.25, 0.3) is 0 Å². The van der Waals surface area contributed by atoms with Gasteiger partial charge in [-0.15, -0.1) is 5.06 Å². The summed E-state index contributed by atoms with van der Waals surface area (Å²) in [6.07, 6.45) is 1.97. The highest BCUT2D eigenvalue weighted by molar-refractivity contribution is 5.89. The molecule has 4 rings (SSSR count). The first-order chi connectivity index (χ1) is 13.7. The molecule has 0 amide bonds. The topological polar surface area (TPSA) is 41.6 Å². The second-order valence-electron chi connectivity index (χ2n) is 7.46. The third-order valence-electron chi connectivity index (χ3n) is 5.32. The van der Waals surface area contributed by atoms with Gasteiger partial charge in [0.05, 0.1) is 12.1 Å². The van der Waals surface area contributed by atoms with Crippen molar-refractivity contribution in [2.75, 3.05) is 19.6 Å². The molecule has 3 aromatic rings. The predicted molar refractivity (Wildman–Crippen MR) is 112 cm³/mol. The first-order valence-electron chi connectivity index (χ1n) is 9.93. The summed E-state index contributed by atoms with van der Waals surface area (Å²) in [5.41, 5.74) is 3.03. The van der Waals surface area contributed by atoms with Crippen LogP contribution in [0.2, 0.25) is 0 Å². The van der Waals surface area contributed by atoms with Gasteiger partial charge in [-0.2, -0.15) is 0 Å². The van der Waals surface area contributed by atoms with Crippen molar-refractivity contribution in [2.45, 2.75) is 25.8 Å². The van der Waals surface area contributed by atoms with E-state index in [4.69, 9.17) is 4.84 Å². The van der Waals surface area contributed by atoms with E-state index in [0.717, 1.165) is 38.0 Å². The molecule has 1 N–H and O–H groups in total. The number of nitrogens with zero attached hydrogens (tertiary/aromatic N) is 1. The maximum atomic E-state index is 12.3. The molecule has 1 aliphatic rings. The monoisotopic (exact) mass is 374 g/mol. The zero-order valence-corrected chi connectivity index (χ0v) is 16.2. The Morgan fingerprint density at radius 2 is 1.93 bits per heavy atom. The van der Waals surface area contributed by atoms with Gasteiger partial charge in [0, 0.05) is 12.6 Å². The first kappa shape index (κ1) is 18.7. The molecule has 4 nitrogen and oxygen atoms in total. The summed E-state index contributed by atoms with van der Waals surface area (Å²) in [6, 6.07) is 22.9. The van der Waals surface area contributed by atoms with Gasteiger partial charge in [-0.25, -0.2) is 4.79 Å². The van der Waals surface area contributed by atoms with Crippen molar-refractivity contribution in [2.24, 2.45) is 0 Å². The van der Waals surface area contributed by atoms with Gasteiger partial charge in [-0.3, -0.25) is 0 Å². The van der Waals surface area contributed by atoms with Gasteiger partial charge in [-0.1, -0.05) is 60.2 Å². The average molecular weight is 374 g/mol. The Balaban J connectivity index is 1.26. The number of benzene rings is 3. The minimum absolute atomic E-state index is 0.278. The zero-order chi connectivity index (χ0) is 19.3. The van der Waals surface area contributed by atoms with Crippen molar-refractivity contribution < 1.29 is 9.63 Å². The second-order valence-corrected chi connectivity index (χ2v) is 7.46. The van der Waals surface area contributed by atoms with E-state index in [0.29, 0.717) is 11.6 Å². The number of aryl methyl sites for hydroxylation is 1. The van der Waals surface area contributed by atoms with Crippen LogP contribution < -0.4 is 5.32 Å². The number of nitrogens with one attached hydrogen (secondary N) is 1. The van der Waals surface area contributed by atoms with E-state index < -0.39 is 0 Å². The van der Waals surface area contributed by atoms with Crippen molar-refractivity contribution in [1.29, 1.82) is 0 Å². The molecule has 1 heterocycles. The van der Waals surface area contributed by atoms with Crippen LogP contribution in [0.15, 0.2) is 66.7 Å². The van der Waals surface area contributed by atoms with Crippen LogP contribution in [-0.2, 0) is 11.3 Å². The lowest BCUT2D eigenvalue weighted by atomic mass is 10.0. The minimum Gasteiger partial charge on any atom is -0.364 e. The Morgan fingerprint density at radius 1 is 1.11 bits per heavy atom. The summed E-state index contributed by atoms with van der Waals surface area (Å²) in [5, 5.41) is 8.00. The Labute approximate surface area is 166 Å². The van der Waals surface area contributed by atoms with Crippen LogP contribution in [-0.4, -0.2) is 36.7 Å². The largest absolute Gasteiger partial charge is 0.364 e. The van der Waals surface area contributed by atoms with Crippen LogP contribution in [0.5, 0.6) is 0 Å². The molecule has 28 heavy (non-hydrogen) atoms. The molecule has 1 saturated heterocycles. The smallest absolute Gasteiger partial charge is 0.357 e. The van der Waals surface area contributed by atoms with Crippen LogP contribution >= 0.6 is 0 Å². The molecule has 0 aliphatic carbocycles. The van der Waals surface area contributed by atoms with Gasteiger partial charge in [0.2, 0.25) is 0 Å². The number of hydroxylamine groups is 2. The molecule has 0 radical (unpaired) electrons. The summed E-state index contributed by atoms with van der Waals surface area (Å²) in [5.74, 6) is -0.278. The normalized spacial score (nSPS) is 17.1. The molecule has 0 bridgehead atoms. The van der Waals surface area contributed by atoms with Gasteiger partial charge >= 0.3 is 5.97 Å². The molecular formula is C24H26N2O2. The van der Waals surface area contributed by atoms with E-state index in [2.05, 4.69) is 47.8 Å². The number of rotatable bonds is 6. The van der Waals surface area contributed by atoms with Crippen molar-refractivity contribution in [3.05, 3.63) is 83.4 Å². The fourth-order valence-electron chi connectivity index (χ4n) is 3.84. The van der Waals surface area contributed by atoms with Gasteiger partial charge in [0.15, 0.2) is 0 Å². The summed E-state index contributed by atoms with van der Waals surface area (Å²) in [7, 11) is 0. The molecule has 0 unspecified atom stereocenters. The molecule has 1 atom stereocenters. The fourth-order valence-corrected chi connectivity index (χ4v) is 3.84. The molecule has 0 aromatic heterocycles. The molecule has 0 saturated carbocycles. The third kappa shape index (κ3) is 4.41. The van der Waals surface area contributed by atoms with Crippen molar-refractivity contribution in [3.8, 4) is 0 Å². The summed E-state index contributed by atoms with van der Waals surface area (Å²) in [4.78, 5) is 17.9. The van der Waals surface area contributed by atoms with Crippen molar-refractivity contribution >= 4 is 16.7 Å². The minimum atomic E-state index is -0.278. The molecule has 144 valence electrons. The highest BCUT2D eigenvalue weighted by Gasteiger charge is 2.25. The maximum absolute atomic E-state index is 12.3. The molecular weight excluding hydrogens is 348 g/mol. The molecule has 1 fully saturated rings. The van der Waals surface area contributed by atoms with Crippen LogP contribution in [0.25, 0.3) is 10.8 Å². The fraction of sp³-hybridized carbons (Fsp3) is 0.292. The number of fused-ring (bicyclic) bond motifs is 1. The maximum Gasteiger partial charge on any atom is 0.357 e. The van der Waals surface area contributed by atoms with E-state index in [1.807, 2.05) is 25.1 Å². The van der Waals surface area contributed by atoms with Crippen LogP contribution in [0.4, 0.5) is 0 Å². The van der Waals surface area contributed by atoms with E-state index in [1.54, 1.807) is 11.1 Å². The highest BCUT2D eigenvalue weighted by Crippen LogP contribution is 2.19. The first-order valence-corrected chi connectivity index (χ1v) is 9.93. The highest BCUT2D eigenvalue weighted by atomic mass is 16.7. The van der Waals surface area contributed by atoms with Gasteiger partial charge < -0.3 is 10.2 Å². The van der Waals surface area contributed by atoms with Gasteiger partial charge in [0.1, 0.15) is 0 Å². The van der Waals surface area contributed by atoms with E-state index in [9.17, 15) is 4.79 Å². The number of hydrogen-bond donors (Lipinski definition) is 1. The van der Waals surface area contributed by atoms with Crippen LogP contribution in [0.1, 0.15) is 27.9 Å². The van der Waals surface area contributed by atoms with Crippen LogP contribution in [0, 0.1) is 6.92 Å². The average Bonchev–Trinajstić information content (AvgIpc) is 3.15. The third-order valence-corrected chi connectivity index (χ3v) is 5.32. The number of carbonyl (C=O) groups excluding carboxylic acids is 1. The summed E-state index contributed by atoms with van der Waals surface area (Å²) >= 11 is 0. The molecule has 3 aromatic carbocycles.